The summed E-state index contributed by atoms with van der Waals surface area (Å²) in [5.74, 6) is 6.68. The van der Waals surface area contributed by atoms with E-state index < -0.39 is 0 Å². The van der Waals surface area contributed by atoms with Crippen LogP contribution in [0.5, 0.6) is 0 Å². The summed E-state index contributed by atoms with van der Waals surface area (Å²) in [6.07, 6.45) is 1.92. The zero-order valence-electron chi connectivity index (χ0n) is 10.8. The van der Waals surface area contributed by atoms with Crippen LogP contribution in [-0.2, 0) is 6.54 Å². The van der Waals surface area contributed by atoms with Gasteiger partial charge in [0.15, 0.2) is 5.16 Å². The molecule has 0 bridgehead atoms. The summed E-state index contributed by atoms with van der Waals surface area (Å²) in [4.78, 5) is 13.0. The first kappa shape index (κ1) is 13.6. The van der Waals surface area contributed by atoms with Crippen LogP contribution in [0.1, 0.15) is 11.4 Å². The third-order valence-corrected chi connectivity index (χ3v) is 2.98. The zero-order chi connectivity index (χ0) is 13.7. The number of nitrogens with two attached hydrogens (primary N) is 1. The molecule has 0 unspecified atom stereocenters. The summed E-state index contributed by atoms with van der Waals surface area (Å²) in [6, 6.07) is 7.68. The molecule has 0 radical (unpaired) electrons. The van der Waals surface area contributed by atoms with E-state index in [2.05, 4.69) is 25.7 Å². The molecular weight excluding hydrogens is 260 g/mol. The van der Waals surface area contributed by atoms with Crippen molar-refractivity contribution in [3.05, 3.63) is 35.7 Å². The molecule has 6 nitrogen and oxygen atoms in total. The van der Waals surface area contributed by atoms with Crippen molar-refractivity contribution in [3.8, 4) is 0 Å². The van der Waals surface area contributed by atoms with Crippen molar-refractivity contribution in [1.82, 2.24) is 15.0 Å². The normalized spacial score (nSPS) is 10.3. The fourth-order valence-electron chi connectivity index (χ4n) is 1.56. The smallest absolute Gasteiger partial charge is 0.191 e. The van der Waals surface area contributed by atoms with E-state index >= 15 is 0 Å². The summed E-state index contributed by atoms with van der Waals surface area (Å²) in [5, 5.41) is 3.88. The molecule has 0 aliphatic rings. The molecule has 0 saturated carbocycles. The largest absolute Gasteiger partial charge is 0.364 e. The second-order valence-corrected chi connectivity index (χ2v) is 4.67. The lowest BCUT2D eigenvalue weighted by molar-refractivity contribution is 0.939. The van der Waals surface area contributed by atoms with Crippen LogP contribution >= 0.6 is 11.8 Å². The van der Waals surface area contributed by atoms with Crippen molar-refractivity contribution >= 4 is 23.4 Å². The number of anilines is 2. The van der Waals surface area contributed by atoms with Gasteiger partial charge in [0, 0.05) is 11.8 Å². The Hall–Kier alpha value is -1.86. The molecule has 0 aromatic carbocycles. The van der Waals surface area contributed by atoms with Crippen molar-refractivity contribution in [3.63, 3.8) is 0 Å². The number of hydrazine groups is 1. The number of aromatic nitrogens is 3. The first-order valence-corrected chi connectivity index (χ1v) is 7.00. The highest BCUT2D eigenvalue weighted by Crippen LogP contribution is 2.17. The molecule has 0 aliphatic heterocycles. The number of hydrogen-bond acceptors (Lipinski definition) is 7. The third kappa shape index (κ3) is 3.80. The van der Waals surface area contributed by atoms with Crippen LogP contribution in [0.3, 0.4) is 0 Å². The molecule has 7 heteroatoms. The second-order valence-electron chi connectivity index (χ2n) is 3.89. The van der Waals surface area contributed by atoms with E-state index in [1.165, 1.54) is 11.8 Å². The van der Waals surface area contributed by atoms with Crippen molar-refractivity contribution in [2.45, 2.75) is 18.6 Å². The Morgan fingerprint density at radius 2 is 2.00 bits per heavy atom. The highest BCUT2D eigenvalue weighted by atomic mass is 32.2. The maximum Gasteiger partial charge on any atom is 0.191 e. The average Bonchev–Trinajstić information content (AvgIpc) is 2.44. The summed E-state index contributed by atoms with van der Waals surface area (Å²) < 4.78 is 0. The Kier molecular flexibility index (Phi) is 4.53. The lowest BCUT2D eigenvalue weighted by Gasteiger charge is -2.08. The van der Waals surface area contributed by atoms with Crippen LogP contribution in [0.2, 0.25) is 0 Å². The molecule has 100 valence electrons. The van der Waals surface area contributed by atoms with Crippen LogP contribution in [0.15, 0.2) is 29.4 Å². The van der Waals surface area contributed by atoms with Crippen LogP contribution in [0, 0.1) is 6.92 Å². The van der Waals surface area contributed by atoms with Gasteiger partial charge in [0.25, 0.3) is 0 Å². The lowest BCUT2D eigenvalue weighted by Crippen LogP contribution is -2.11. The fourth-order valence-corrected chi connectivity index (χ4v) is 1.94. The van der Waals surface area contributed by atoms with Gasteiger partial charge in [0.1, 0.15) is 11.6 Å². The molecule has 0 aliphatic carbocycles. The Labute approximate surface area is 116 Å². The van der Waals surface area contributed by atoms with Crippen molar-refractivity contribution < 1.29 is 0 Å². The quantitative estimate of drug-likeness (QED) is 0.332. The Morgan fingerprint density at radius 1 is 1.21 bits per heavy atom. The molecule has 19 heavy (non-hydrogen) atoms. The van der Waals surface area contributed by atoms with Crippen LogP contribution in [0.25, 0.3) is 0 Å². The molecular formula is C12H16N6S. The minimum Gasteiger partial charge on any atom is -0.364 e. The summed E-state index contributed by atoms with van der Waals surface area (Å²) >= 11 is 1.46. The maximum absolute atomic E-state index is 5.38. The van der Waals surface area contributed by atoms with Crippen molar-refractivity contribution in [2.24, 2.45) is 5.84 Å². The number of rotatable bonds is 5. The lowest BCUT2D eigenvalue weighted by atomic mass is 10.3. The summed E-state index contributed by atoms with van der Waals surface area (Å²) in [6.45, 7) is 2.58. The number of nitrogens with one attached hydrogen (secondary N) is 2. The predicted molar refractivity (Wildman–Crippen MR) is 77.9 cm³/mol. The van der Waals surface area contributed by atoms with E-state index in [4.69, 9.17) is 5.84 Å². The Bertz CT molecular complexity index is 537. The number of nitrogens with zero attached hydrogens (tertiary/aromatic N) is 3. The molecule has 0 saturated heterocycles. The summed E-state index contributed by atoms with van der Waals surface area (Å²) in [5.41, 5.74) is 4.49. The number of aryl methyl sites for hydroxylation is 1. The SMILES string of the molecule is CSc1nc(NN)cc(NCc2cccc(C)n2)n1. The van der Waals surface area contributed by atoms with Gasteiger partial charge in [-0.3, -0.25) is 4.98 Å². The zero-order valence-corrected chi connectivity index (χ0v) is 11.7. The van der Waals surface area contributed by atoms with E-state index in [1.807, 2.05) is 31.4 Å². The second kappa shape index (κ2) is 6.35. The topological polar surface area (TPSA) is 88.8 Å². The molecule has 2 heterocycles. The fraction of sp³-hybridized carbons (Fsp3) is 0.250. The Balaban J connectivity index is 2.10. The van der Waals surface area contributed by atoms with Gasteiger partial charge in [-0.1, -0.05) is 17.8 Å². The van der Waals surface area contributed by atoms with Crippen LogP contribution in [-0.4, -0.2) is 21.2 Å². The molecule has 2 rings (SSSR count). The van der Waals surface area contributed by atoms with Gasteiger partial charge in [-0.25, -0.2) is 15.8 Å². The van der Waals surface area contributed by atoms with Crippen LogP contribution in [0.4, 0.5) is 11.6 Å². The standard InChI is InChI=1S/C12H16N6S/c1-8-4-3-5-9(15-8)7-14-10-6-11(18-13)17-12(16-10)19-2/h3-6H,7,13H2,1-2H3,(H2,14,16,17,18). The van der Waals surface area contributed by atoms with Gasteiger partial charge >= 0.3 is 0 Å². The number of thioether (sulfide) groups is 1. The number of pyridine rings is 1. The van der Waals surface area contributed by atoms with Gasteiger partial charge in [-0.2, -0.15) is 0 Å². The van der Waals surface area contributed by atoms with E-state index in [0.717, 1.165) is 17.2 Å². The molecule has 2 aromatic heterocycles. The maximum atomic E-state index is 5.38. The average molecular weight is 276 g/mol. The molecule has 4 N–H and O–H groups in total. The molecule has 0 spiro atoms. The van der Waals surface area contributed by atoms with E-state index in [1.54, 1.807) is 6.07 Å². The monoisotopic (exact) mass is 276 g/mol. The first-order chi connectivity index (χ1) is 9.21. The number of hydrogen-bond donors (Lipinski definition) is 3. The van der Waals surface area contributed by atoms with Gasteiger partial charge in [0.05, 0.1) is 12.2 Å². The number of nitrogen functional groups attached to an aromatic ring is 1. The minimum absolute atomic E-state index is 0.582. The minimum atomic E-state index is 0.582. The molecule has 0 atom stereocenters. The summed E-state index contributed by atoms with van der Waals surface area (Å²) in [7, 11) is 0. The van der Waals surface area contributed by atoms with Gasteiger partial charge in [0.2, 0.25) is 0 Å². The molecule has 0 amide bonds. The third-order valence-electron chi connectivity index (χ3n) is 2.43. The van der Waals surface area contributed by atoms with E-state index in [-0.39, 0.29) is 0 Å². The molecule has 0 fully saturated rings. The highest BCUT2D eigenvalue weighted by Gasteiger charge is 2.03. The molecule has 2 aromatic rings. The first-order valence-electron chi connectivity index (χ1n) is 5.77. The van der Waals surface area contributed by atoms with Gasteiger partial charge in [-0.15, -0.1) is 0 Å². The van der Waals surface area contributed by atoms with E-state index in [0.29, 0.717) is 17.5 Å². The van der Waals surface area contributed by atoms with Crippen molar-refractivity contribution in [1.29, 1.82) is 0 Å². The Morgan fingerprint density at radius 3 is 2.68 bits per heavy atom. The predicted octanol–water partition coefficient (Wildman–Crippen LogP) is 1.80. The van der Waals surface area contributed by atoms with Crippen LogP contribution < -0.4 is 16.6 Å². The van der Waals surface area contributed by atoms with E-state index in [9.17, 15) is 0 Å². The van der Waals surface area contributed by atoms with Gasteiger partial charge in [-0.05, 0) is 25.3 Å². The van der Waals surface area contributed by atoms with Crippen molar-refractivity contribution in [2.75, 3.05) is 17.0 Å². The highest BCUT2D eigenvalue weighted by molar-refractivity contribution is 7.98. The van der Waals surface area contributed by atoms with Gasteiger partial charge < -0.3 is 10.7 Å².